The zero-order valence-corrected chi connectivity index (χ0v) is 21.7. The number of carbonyl (C=O) groups excluding carboxylic acids is 1. The third-order valence-corrected chi connectivity index (χ3v) is 7.45. The summed E-state index contributed by atoms with van der Waals surface area (Å²) in [4.78, 5) is 19.1. The van der Waals surface area contributed by atoms with Crippen LogP contribution in [0.5, 0.6) is 0 Å². The molecule has 4 rings (SSSR count). The summed E-state index contributed by atoms with van der Waals surface area (Å²) in [5.41, 5.74) is 1.11. The van der Waals surface area contributed by atoms with Crippen molar-refractivity contribution in [2.45, 2.75) is 89.4 Å². The van der Waals surface area contributed by atoms with Crippen molar-refractivity contribution >= 4 is 5.97 Å². The molecule has 0 amide bonds. The summed E-state index contributed by atoms with van der Waals surface area (Å²) in [7, 11) is 0. The zero-order chi connectivity index (χ0) is 25.1. The van der Waals surface area contributed by atoms with Crippen molar-refractivity contribution in [1.29, 1.82) is 0 Å². The van der Waals surface area contributed by atoms with Gasteiger partial charge in [-0.25, -0.2) is 4.79 Å². The van der Waals surface area contributed by atoms with Gasteiger partial charge in [0.15, 0.2) is 5.79 Å². The van der Waals surface area contributed by atoms with Gasteiger partial charge in [0, 0.05) is 18.4 Å². The van der Waals surface area contributed by atoms with E-state index in [1.165, 1.54) is 0 Å². The Bertz CT molecular complexity index is 975. The standard InChI is InChI=1S/C29H39NO5/c1-6-28(7-2)21-29(20-27(4,5)30(28)35-22(3)23-14-10-8-11-15-23)33-19-25(34-29)18-32-26(31)24-16-12-9-13-17-24/h8-17,22,25H,6-7,18-21H2,1-5H3. The first kappa shape index (κ1) is 25.8. The Morgan fingerprint density at radius 1 is 1.03 bits per heavy atom. The SMILES string of the molecule is CCC1(CC)CC2(CC(C)(C)N1OC(C)c1ccccc1)OCC(COC(=O)c1ccccc1)O2. The van der Waals surface area contributed by atoms with Crippen LogP contribution in [-0.4, -0.2) is 47.2 Å². The first-order chi connectivity index (χ1) is 16.7. The number of benzene rings is 2. The van der Waals surface area contributed by atoms with Gasteiger partial charge in [-0.05, 0) is 51.3 Å². The molecule has 2 aromatic rings. The number of esters is 1. The molecular formula is C29H39NO5. The summed E-state index contributed by atoms with van der Waals surface area (Å²) in [6.07, 6.45) is 2.79. The summed E-state index contributed by atoms with van der Waals surface area (Å²) >= 11 is 0. The van der Waals surface area contributed by atoms with E-state index >= 15 is 0 Å². The number of carbonyl (C=O) groups is 1. The minimum absolute atomic E-state index is 0.0717. The van der Waals surface area contributed by atoms with Crippen molar-refractivity contribution in [2.75, 3.05) is 13.2 Å². The fourth-order valence-electron chi connectivity index (χ4n) is 5.70. The molecule has 2 fully saturated rings. The number of hydroxylamine groups is 2. The lowest BCUT2D eigenvalue weighted by atomic mass is 9.73. The number of hydrogen-bond acceptors (Lipinski definition) is 6. The van der Waals surface area contributed by atoms with E-state index in [9.17, 15) is 4.79 Å². The van der Waals surface area contributed by atoms with Gasteiger partial charge >= 0.3 is 5.97 Å². The summed E-state index contributed by atoms with van der Waals surface area (Å²) in [6.45, 7) is 11.5. The van der Waals surface area contributed by atoms with Gasteiger partial charge < -0.3 is 14.2 Å². The van der Waals surface area contributed by atoms with Crippen molar-refractivity contribution in [3.63, 3.8) is 0 Å². The maximum absolute atomic E-state index is 12.4. The van der Waals surface area contributed by atoms with Gasteiger partial charge in [-0.3, -0.25) is 4.84 Å². The molecule has 2 aromatic carbocycles. The van der Waals surface area contributed by atoms with Crippen LogP contribution in [-0.2, 0) is 19.0 Å². The molecule has 0 bridgehead atoms. The Hall–Kier alpha value is -2.25. The van der Waals surface area contributed by atoms with Gasteiger partial charge in [0.2, 0.25) is 0 Å². The van der Waals surface area contributed by atoms with Crippen molar-refractivity contribution < 1.29 is 23.8 Å². The topological polar surface area (TPSA) is 57.2 Å². The Morgan fingerprint density at radius 3 is 2.29 bits per heavy atom. The Morgan fingerprint density at radius 2 is 1.66 bits per heavy atom. The lowest BCUT2D eigenvalue weighted by Crippen LogP contribution is -2.67. The second-order valence-electron chi connectivity index (χ2n) is 10.5. The fraction of sp³-hybridized carbons (Fsp3) is 0.552. The molecular weight excluding hydrogens is 442 g/mol. The van der Waals surface area contributed by atoms with Crippen LogP contribution < -0.4 is 0 Å². The molecule has 1 spiro atoms. The lowest BCUT2D eigenvalue weighted by molar-refractivity contribution is -0.360. The van der Waals surface area contributed by atoms with E-state index in [1.54, 1.807) is 12.1 Å². The van der Waals surface area contributed by atoms with Crippen molar-refractivity contribution in [3.8, 4) is 0 Å². The normalized spacial score (nSPS) is 26.5. The van der Waals surface area contributed by atoms with Crippen LogP contribution in [0.25, 0.3) is 0 Å². The smallest absolute Gasteiger partial charge is 0.338 e. The number of rotatable bonds is 8. The predicted octanol–water partition coefficient (Wildman–Crippen LogP) is 6.08. The lowest BCUT2D eigenvalue weighted by Gasteiger charge is -2.59. The Labute approximate surface area is 209 Å². The van der Waals surface area contributed by atoms with Crippen LogP contribution in [0.1, 0.15) is 82.3 Å². The van der Waals surface area contributed by atoms with Gasteiger partial charge in [0.1, 0.15) is 18.8 Å². The number of hydrogen-bond donors (Lipinski definition) is 0. The average Bonchev–Trinajstić information content (AvgIpc) is 3.26. The van der Waals surface area contributed by atoms with Crippen molar-refractivity contribution in [1.82, 2.24) is 5.06 Å². The largest absolute Gasteiger partial charge is 0.459 e. The molecule has 2 saturated heterocycles. The van der Waals surface area contributed by atoms with Crippen LogP contribution in [0.15, 0.2) is 60.7 Å². The molecule has 0 saturated carbocycles. The molecule has 3 unspecified atom stereocenters. The van der Waals surface area contributed by atoms with Crippen molar-refractivity contribution in [2.24, 2.45) is 0 Å². The van der Waals surface area contributed by atoms with Crippen LogP contribution in [0.2, 0.25) is 0 Å². The minimum atomic E-state index is -0.727. The predicted molar refractivity (Wildman–Crippen MR) is 135 cm³/mol. The molecule has 2 aliphatic heterocycles. The molecule has 2 aliphatic rings. The van der Waals surface area contributed by atoms with Gasteiger partial charge in [0.25, 0.3) is 0 Å². The first-order valence-electron chi connectivity index (χ1n) is 12.8. The maximum Gasteiger partial charge on any atom is 0.338 e. The number of piperidine rings is 1. The first-order valence-corrected chi connectivity index (χ1v) is 12.8. The van der Waals surface area contributed by atoms with E-state index in [0.29, 0.717) is 25.0 Å². The molecule has 0 radical (unpaired) electrons. The third kappa shape index (κ3) is 5.46. The van der Waals surface area contributed by atoms with E-state index in [-0.39, 0.29) is 35.9 Å². The average molecular weight is 482 g/mol. The van der Waals surface area contributed by atoms with Crippen molar-refractivity contribution in [3.05, 3.63) is 71.8 Å². The van der Waals surface area contributed by atoms with E-state index in [2.05, 4.69) is 51.8 Å². The second-order valence-corrected chi connectivity index (χ2v) is 10.5. The highest BCUT2D eigenvalue weighted by Gasteiger charge is 2.60. The maximum atomic E-state index is 12.4. The minimum Gasteiger partial charge on any atom is -0.459 e. The van der Waals surface area contributed by atoms with E-state index in [1.807, 2.05) is 36.4 Å². The molecule has 0 aliphatic carbocycles. The van der Waals surface area contributed by atoms with Gasteiger partial charge in [-0.15, -0.1) is 0 Å². The van der Waals surface area contributed by atoms with Crippen LogP contribution in [0.4, 0.5) is 0 Å². The molecule has 6 heteroatoms. The fourth-order valence-corrected chi connectivity index (χ4v) is 5.70. The third-order valence-electron chi connectivity index (χ3n) is 7.45. The number of ether oxygens (including phenoxy) is 3. The molecule has 190 valence electrons. The van der Waals surface area contributed by atoms with E-state index in [4.69, 9.17) is 19.0 Å². The van der Waals surface area contributed by atoms with E-state index in [0.717, 1.165) is 18.4 Å². The molecule has 2 heterocycles. The van der Waals surface area contributed by atoms with Crippen LogP contribution >= 0.6 is 0 Å². The van der Waals surface area contributed by atoms with Crippen LogP contribution in [0.3, 0.4) is 0 Å². The molecule has 6 nitrogen and oxygen atoms in total. The monoisotopic (exact) mass is 481 g/mol. The molecule has 0 aromatic heterocycles. The molecule has 3 atom stereocenters. The van der Waals surface area contributed by atoms with Gasteiger partial charge in [-0.2, -0.15) is 5.06 Å². The Kier molecular flexibility index (Phi) is 7.67. The zero-order valence-electron chi connectivity index (χ0n) is 21.7. The number of nitrogens with zero attached hydrogens (tertiary/aromatic N) is 1. The van der Waals surface area contributed by atoms with Gasteiger partial charge in [-0.1, -0.05) is 62.4 Å². The second kappa shape index (κ2) is 10.4. The highest BCUT2D eigenvalue weighted by atomic mass is 16.8. The Balaban J connectivity index is 1.47. The summed E-state index contributed by atoms with van der Waals surface area (Å²) in [5.74, 6) is -1.07. The molecule has 0 N–H and O–H groups in total. The van der Waals surface area contributed by atoms with Crippen LogP contribution in [0, 0.1) is 0 Å². The molecule has 35 heavy (non-hydrogen) atoms. The highest BCUT2D eigenvalue weighted by Crippen LogP contribution is 2.51. The highest BCUT2D eigenvalue weighted by molar-refractivity contribution is 5.89. The quantitative estimate of drug-likeness (QED) is 0.426. The summed E-state index contributed by atoms with van der Waals surface area (Å²) in [5, 5.41) is 2.22. The summed E-state index contributed by atoms with van der Waals surface area (Å²) in [6, 6.07) is 19.4. The van der Waals surface area contributed by atoms with E-state index < -0.39 is 5.79 Å². The summed E-state index contributed by atoms with van der Waals surface area (Å²) < 4.78 is 18.4. The van der Waals surface area contributed by atoms with Gasteiger partial charge in [0.05, 0.1) is 17.7 Å².